The number of ether oxygens (including phenoxy) is 2. The average Bonchev–Trinajstić information content (AvgIpc) is 2.81. The molecule has 0 spiro atoms. The van der Waals surface area contributed by atoms with Crippen LogP contribution in [0.25, 0.3) is 0 Å². The lowest BCUT2D eigenvalue weighted by atomic mass is 10.0. The van der Waals surface area contributed by atoms with E-state index < -0.39 is 15.9 Å². The Balaban J connectivity index is 1.33. The van der Waals surface area contributed by atoms with Gasteiger partial charge in [0.15, 0.2) is 9.84 Å². The van der Waals surface area contributed by atoms with Crippen molar-refractivity contribution < 1.29 is 22.7 Å². The largest absolute Gasteiger partial charge is 0.417 e. The molecule has 4 rings (SSSR count). The molecule has 1 N–H and O–H groups in total. The number of rotatable bonds is 5. The van der Waals surface area contributed by atoms with Gasteiger partial charge in [-0.05, 0) is 75.2 Å². The van der Waals surface area contributed by atoms with E-state index in [0.717, 1.165) is 39.1 Å². The van der Waals surface area contributed by atoms with E-state index in [9.17, 15) is 13.2 Å². The number of carbonyl (C=O) groups excluding carboxylic acids is 1. The molecule has 0 aliphatic carbocycles. The molecule has 2 fully saturated rings. The highest BCUT2D eigenvalue weighted by Crippen LogP contribution is 2.28. The average molecular weight is 445 g/mol. The molecular formula is C23H28N2O5S. The van der Waals surface area contributed by atoms with Gasteiger partial charge in [-0.15, -0.1) is 0 Å². The van der Waals surface area contributed by atoms with Gasteiger partial charge >= 0.3 is 6.09 Å². The molecule has 0 aromatic heterocycles. The third-order valence-electron chi connectivity index (χ3n) is 6.01. The van der Waals surface area contributed by atoms with Gasteiger partial charge in [0.1, 0.15) is 5.75 Å². The predicted molar refractivity (Wildman–Crippen MR) is 118 cm³/mol. The maximum Gasteiger partial charge on any atom is 0.417 e. The summed E-state index contributed by atoms with van der Waals surface area (Å²) < 4.78 is 36.8. The predicted octanol–water partition coefficient (Wildman–Crippen LogP) is 3.71. The van der Waals surface area contributed by atoms with E-state index in [4.69, 9.17) is 9.47 Å². The first-order valence-corrected chi connectivity index (χ1v) is 12.3. The summed E-state index contributed by atoms with van der Waals surface area (Å²) in [5.74, 6) is 0.436. The molecule has 2 heterocycles. The minimum Gasteiger partial charge on any atom is -0.410 e. The van der Waals surface area contributed by atoms with Gasteiger partial charge in [-0.25, -0.2) is 13.2 Å². The summed E-state index contributed by atoms with van der Waals surface area (Å²) in [6, 6.07) is 15.6. The molecular weight excluding hydrogens is 416 g/mol. The molecule has 0 bridgehead atoms. The zero-order valence-electron chi connectivity index (χ0n) is 17.4. The number of carbonyl (C=O) groups is 1. The van der Waals surface area contributed by atoms with Gasteiger partial charge in [-0.1, -0.05) is 18.2 Å². The molecule has 0 unspecified atom stereocenters. The first kappa shape index (κ1) is 21.8. The van der Waals surface area contributed by atoms with Gasteiger partial charge in [0, 0.05) is 24.9 Å². The fourth-order valence-corrected chi connectivity index (χ4v) is 5.99. The molecule has 1 amide bonds. The zero-order valence-corrected chi connectivity index (χ0v) is 18.2. The molecule has 166 valence electrons. The summed E-state index contributed by atoms with van der Waals surface area (Å²) in [4.78, 5) is 14.7. The molecule has 2 saturated heterocycles. The van der Waals surface area contributed by atoms with Crippen LogP contribution in [0.1, 0.15) is 25.7 Å². The number of sulfone groups is 1. The molecule has 8 heteroatoms. The minimum atomic E-state index is -3.41. The summed E-state index contributed by atoms with van der Waals surface area (Å²) in [5.41, 5.74) is 0.481. The molecule has 0 atom stereocenters. The third-order valence-corrected chi connectivity index (χ3v) is 8.28. The normalized spacial score (nSPS) is 19.1. The Morgan fingerprint density at radius 2 is 1.58 bits per heavy atom. The maximum atomic E-state index is 13.1. The minimum absolute atomic E-state index is 0.291. The van der Waals surface area contributed by atoms with E-state index in [0.29, 0.717) is 35.2 Å². The van der Waals surface area contributed by atoms with Crippen LogP contribution >= 0.6 is 0 Å². The highest BCUT2D eigenvalue weighted by atomic mass is 32.2. The highest BCUT2D eigenvalue weighted by molar-refractivity contribution is 7.92. The van der Waals surface area contributed by atoms with E-state index in [1.807, 2.05) is 6.07 Å². The second kappa shape index (κ2) is 9.80. The van der Waals surface area contributed by atoms with Crippen molar-refractivity contribution in [2.45, 2.75) is 41.9 Å². The van der Waals surface area contributed by atoms with Crippen LogP contribution in [0.4, 0.5) is 10.5 Å². The molecule has 2 aliphatic rings. The standard InChI is InChI=1S/C23H28N2O5S/c26-23(30-20-4-2-1-3-5-20)24-18-6-8-21(9-7-18)31(27,28)22-10-14-25(15-11-22)19-12-16-29-17-13-19/h1-9,19,22H,10-17H2,(H,24,26). The summed E-state index contributed by atoms with van der Waals surface area (Å²) in [7, 11) is -3.41. The van der Waals surface area contributed by atoms with Crippen molar-refractivity contribution in [2.24, 2.45) is 0 Å². The van der Waals surface area contributed by atoms with Gasteiger partial charge in [0.2, 0.25) is 0 Å². The van der Waals surface area contributed by atoms with E-state index in [1.165, 1.54) is 0 Å². The number of benzene rings is 2. The lowest BCUT2D eigenvalue weighted by Gasteiger charge is -2.39. The van der Waals surface area contributed by atoms with Crippen molar-refractivity contribution in [2.75, 3.05) is 31.6 Å². The van der Waals surface area contributed by atoms with Crippen LogP contribution in [-0.4, -0.2) is 57.0 Å². The Labute approximate surface area is 183 Å². The lowest BCUT2D eigenvalue weighted by molar-refractivity contribution is 0.0277. The second-order valence-corrected chi connectivity index (χ2v) is 10.2. The Hall–Kier alpha value is -2.42. The zero-order chi connectivity index (χ0) is 21.7. The molecule has 7 nitrogen and oxygen atoms in total. The van der Waals surface area contributed by atoms with Gasteiger partial charge in [-0.3, -0.25) is 5.32 Å². The first-order chi connectivity index (χ1) is 15.0. The number of anilines is 1. The quantitative estimate of drug-likeness (QED) is 0.757. The van der Waals surface area contributed by atoms with Crippen molar-refractivity contribution >= 4 is 21.6 Å². The van der Waals surface area contributed by atoms with Crippen LogP contribution in [0.3, 0.4) is 0 Å². The highest BCUT2D eigenvalue weighted by Gasteiger charge is 2.33. The molecule has 2 aromatic carbocycles. The monoisotopic (exact) mass is 444 g/mol. The Morgan fingerprint density at radius 1 is 0.935 bits per heavy atom. The fraction of sp³-hybridized carbons (Fsp3) is 0.435. The summed E-state index contributed by atoms with van der Waals surface area (Å²) in [6.07, 6.45) is 2.71. The van der Waals surface area contributed by atoms with E-state index in [-0.39, 0.29) is 5.25 Å². The Kier molecular flexibility index (Phi) is 6.89. The third kappa shape index (κ3) is 5.44. The van der Waals surface area contributed by atoms with Gasteiger partial charge in [-0.2, -0.15) is 0 Å². The molecule has 2 aliphatic heterocycles. The van der Waals surface area contributed by atoms with Crippen LogP contribution in [0.2, 0.25) is 0 Å². The number of nitrogens with zero attached hydrogens (tertiary/aromatic N) is 1. The van der Waals surface area contributed by atoms with Crippen molar-refractivity contribution in [3.05, 3.63) is 54.6 Å². The van der Waals surface area contributed by atoms with Crippen LogP contribution in [0.15, 0.2) is 59.5 Å². The number of hydrogen-bond donors (Lipinski definition) is 1. The molecule has 0 radical (unpaired) electrons. The van der Waals surface area contributed by atoms with Gasteiger partial charge in [0.05, 0.1) is 10.1 Å². The molecule has 31 heavy (non-hydrogen) atoms. The van der Waals surface area contributed by atoms with E-state index >= 15 is 0 Å². The Bertz CT molecular complexity index is 965. The maximum absolute atomic E-state index is 13.1. The number of hydrogen-bond acceptors (Lipinski definition) is 6. The SMILES string of the molecule is O=C(Nc1ccc(S(=O)(=O)C2CCN(C3CCOCC3)CC2)cc1)Oc1ccccc1. The molecule has 0 saturated carbocycles. The lowest BCUT2D eigenvalue weighted by Crippen LogP contribution is -2.46. The van der Waals surface area contributed by atoms with Crippen molar-refractivity contribution in [3.8, 4) is 5.75 Å². The van der Waals surface area contributed by atoms with Crippen molar-refractivity contribution in [1.82, 2.24) is 4.90 Å². The summed E-state index contributed by atoms with van der Waals surface area (Å²) >= 11 is 0. The number of piperidine rings is 1. The Morgan fingerprint density at radius 3 is 2.23 bits per heavy atom. The smallest absolute Gasteiger partial charge is 0.410 e. The first-order valence-electron chi connectivity index (χ1n) is 10.7. The number of nitrogens with one attached hydrogen (secondary N) is 1. The molecule has 2 aromatic rings. The van der Waals surface area contributed by atoms with Crippen LogP contribution in [0.5, 0.6) is 5.75 Å². The van der Waals surface area contributed by atoms with Crippen LogP contribution in [-0.2, 0) is 14.6 Å². The summed E-state index contributed by atoms with van der Waals surface area (Å²) in [6.45, 7) is 3.20. The van der Waals surface area contributed by atoms with Crippen LogP contribution < -0.4 is 10.1 Å². The van der Waals surface area contributed by atoms with Crippen LogP contribution in [0, 0.1) is 0 Å². The van der Waals surface area contributed by atoms with Crippen molar-refractivity contribution in [1.29, 1.82) is 0 Å². The van der Waals surface area contributed by atoms with Gasteiger partial charge in [0.25, 0.3) is 0 Å². The van der Waals surface area contributed by atoms with E-state index in [1.54, 1.807) is 48.5 Å². The number of para-hydroxylation sites is 1. The van der Waals surface area contributed by atoms with Gasteiger partial charge < -0.3 is 14.4 Å². The fourth-order valence-electron chi connectivity index (χ4n) is 4.26. The summed E-state index contributed by atoms with van der Waals surface area (Å²) in [5, 5.41) is 2.25. The topological polar surface area (TPSA) is 84.9 Å². The van der Waals surface area contributed by atoms with Crippen molar-refractivity contribution in [3.63, 3.8) is 0 Å². The number of likely N-dealkylation sites (tertiary alicyclic amines) is 1. The van der Waals surface area contributed by atoms with E-state index in [2.05, 4.69) is 10.2 Å². The second-order valence-electron chi connectivity index (χ2n) is 7.98. The number of amides is 1.